The fourth-order valence-corrected chi connectivity index (χ4v) is 3.38. The fourth-order valence-electron chi connectivity index (χ4n) is 2.46. The molecule has 1 aromatic carbocycles. The van der Waals surface area contributed by atoms with Gasteiger partial charge in [0.2, 0.25) is 0 Å². The van der Waals surface area contributed by atoms with Crippen LogP contribution in [0.5, 0.6) is 0 Å². The molecule has 6 nitrogen and oxygen atoms in total. The maximum atomic E-state index is 12.2. The van der Waals surface area contributed by atoms with Gasteiger partial charge in [-0.2, -0.15) is 9.50 Å². The Morgan fingerprint density at radius 2 is 2.13 bits per heavy atom. The minimum absolute atomic E-state index is 0.151. The van der Waals surface area contributed by atoms with E-state index in [9.17, 15) is 4.79 Å². The first kappa shape index (κ1) is 14.1. The second kappa shape index (κ2) is 5.92. The van der Waals surface area contributed by atoms with Crippen LogP contribution in [0.3, 0.4) is 0 Å². The zero-order valence-corrected chi connectivity index (χ0v) is 13.1. The van der Waals surface area contributed by atoms with Crippen molar-refractivity contribution < 1.29 is 0 Å². The van der Waals surface area contributed by atoms with Crippen LogP contribution in [0.2, 0.25) is 0 Å². The Kier molecular flexibility index (Phi) is 3.63. The molecule has 0 atom stereocenters. The highest BCUT2D eigenvalue weighted by molar-refractivity contribution is 8.08. The van der Waals surface area contributed by atoms with Gasteiger partial charge in [-0.05, 0) is 18.6 Å². The average Bonchev–Trinajstić information content (AvgIpc) is 3.23. The van der Waals surface area contributed by atoms with Gasteiger partial charge in [0.05, 0.1) is 12.2 Å². The summed E-state index contributed by atoms with van der Waals surface area (Å²) in [5.41, 5.74) is 1.51. The van der Waals surface area contributed by atoms with Gasteiger partial charge in [-0.3, -0.25) is 9.89 Å². The number of nitrogens with one attached hydrogen (secondary N) is 2. The topological polar surface area (TPSA) is 75.1 Å². The molecule has 0 unspecified atom stereocenters. The molecule has 3 heterocycles. The second-order valence-corrected chi connectivity index (χ2v) is 6.36. The zero-order valence-electron chi connectivity index (χ0n) is 12.3. The quantitative estimate of drug-likeness (QED) is 0.771. The Morgan fingerprint density at radius 1 is 1.26 bits per heavy atom. The molecule has 0 amide bonds. The summed E-state index contributed by atoms with van der Waals surface area (Å²) in [6.07, 6.45) is 3.16. The Hall–Kier alpha value is -2.54. The van der Waals surface area contributed by atoms with Crippen LogP contribution in [0, 0.1) is 0 Å². The highest BCUT2D eigenvalue weighted by Gasteiger charge is 2.14. The lowest BCUT2D eigenvalue weighted by Gasteiger charge is -2.05. The van der Waals surface area contributed by atoms with Crippen LogP contribution < -0.4 is 10.9 Å². The van der Waals surface area contributed by atoms with E-state index >= 15 is 0 Å². The lowest BCUT2D eigenvalue weighted by Crippen LogP contribution is -2.17. The third-order valence-corrected chi connectivity index (χ3v) is 4.68. The van der Waals surface area contributed by atoms with Crippen LogP contribution in [0.1, 0.15) is 17.9 Å². The SMILES string of the molecule is O=c1cc(CNc2ccccc2)nc2nc(C3=CCCS3)[nH]n12. The summed E-state index contributed by atoms with van der Waals surface area (Å²) < 4.78 is 1.39. The van der Waals surface area contributed by atoms with Crippen LogP contribution in [0.15, 0.2) is 47.3 Å². The van der Waals surface area contributed by atoms with E-state index in [0.717, 1.165) is 22.8 Å². The molecule has 0 spiro atoms. The summed E-state index contributed by atoms with van der Waals surface area (Å²) in [5, 5.41) is 6.28. The molecule has 116 valence electrons. The van der Waals surface area contributed by atoms with E-state index in [2.05, 4.69) is 26.5 Å². The van der Waals surface area contributed by atoms with Gasteiger partial charge in [0.1, 0.15) is 0 Å². The standard InChI is InChI=1S/C16H15N5OS/c22-14-9-12(10-17-11-5-2-1-3-6-11)18-16-19-15(20-21(14)16)13-7-4-8-23-13/h1-3,5-7,9,17H,4,8,10H2,(H,18,19,20). The number of aromatic amines is 1. The number of hydrogen-bond acceptors (Lipinski definition) is 5. The number of benzene rings is 1. The zero-order chi connectivity index (χ0) is 15.6. The van der Waals surface area contributed by atoms with Gasteiger partial charge >= 0.3 is 0 Å². The molecule has 1 aliphatic rings. The van der Waals surface area contributed by atoms with E-state index < -0.39 is 0 Å². The average molecular weight is 325 g/mol. The summed E-state index contributed by atoms with van der Waals surface area (Å²) in [6.45, 7) is 0.482. The summed E-state index contributed by atoms with van der Waals surface area (Å²) in [4.78, 5) is 22.2. The Morgan fingerprint density at radius 3 is 2.91 bits per heavy atom. The van der Waals surface area contributed by atoms with E-state index in [1.54, 1.807) is 11.8 Å². The van der Waals surface area contributed by atoms with Gasteiger partial charge in [0, 0.05) is 22.4 Å². The molecule has 7 heteroatoms. The minimum Gasteiger partial charge on any atom is -0.379 e. The Labute approximate surface area is 136 Å². The number of aromatic nitrogens is 4. The summed E-state index contributed by atoms with van der Waals surface area (Å²) >= 11 is 1.74. The lowest BCUT2D eigenvalue weighted by atomic mass is 10.3. The number of thioether (sulfide) groups is 1. The van der Waals surface area contributed by atoms with Crippen LogP contribution >= 0.6 is 11.8 Å². The molecule has 1 aliphatic heterocycles. The summed E-state index contributed by atoms with van der Waals surface area (Å²) in [7, 11) is 0. The molecule has 0 saturated carbocycles. The predicted molar refractivity (Wildman–Crippen MR) is 92.4 cm³/mol. The normalized spacial score (nSPS) is 14.2. The van der Waals surface area contributed by atoms with Gasteiger partial charge in [-0.15, -0.1) is 11.8 Å². The number of anilines is 1. The van der Waals surface area contributed by atoms with Crippen molar-refractivity contribution in [1.29, 1.82) is 0 Å². The van der Waals surface area contributed by atoms with Crippen molar-refractivity contribution in [3.05, 3.63) is 64.3 Å². The van der Waals surface area contributed by atoms with Crippen molar-refractivity contribution in [3.8, 4) is 0 Å². The first-order chi connectivity index (χ1) is 11.3. The molecule has 0 saturated heterocycles. The number of H-pyrrole nitrogens is 1. The Balaban J connectivity index is 1.62. The fraction of sp³-hybridized carbons (Fsp3) is 0.188. The maximum Gasteiger partial charge on any atom is 0.274 e. The largest absolute Gasteiger partial charge is 0.379 e. The molecule has 0 fully saturated rings. The molecule has 2 aromatic heterocycles. The van der Waals surface area contributed by atoms with Gasteiger partial charge < -0.3 is 5.32 Å². The van der Waals surface area contributed by atoms with Crippen LogP contribution in [0.25, 0.3) is 10.7 Å². The van der Waals surface area contributed by atoms with Crippen molar-refractivity contribution in [2.45, 2.75) is 13.0 Å². The second-order valence-electron chi connectivity index (χ2n) is 5.22. The predicted octanol–water partition coefficient (Wildman–Crippen LogP) is 2.51. The first-order valence-electron chi connectivity index (χ1n) is 7.40. The van der Waals surface area contributed by atoms with Crippen molar-refractivity contribution >= 4 is 28.1 Å². The number of hydrogen-bond donors (Lipinski definition) is 2. The number of para-hydroxylation sites is 1. The van der Waals surface area contributed by atoms with Crippen LogP contribution in [0.4, 0.5) is 5.69 Å². The van der Waals surface area contributed by atoms with Crippen molar-refractivity contribution in [1.82, 2.24) is 19.6 Å². The van der Waals surface area contributed by atoms with Gasteiger partial charge in [0.25, 0.3) is 11.3 Å². The number of rotatable bonds is 4. The molecular weight excluding hydrogens is 310 g/mol. The monoisotopic (exact) mass is 325 g/mol. The van der Waals surface area contributed by atoms with E-state index in [4.69, 9.17) is 0 Å². The maximum absolute atomic E-state index is 12.2. The highest BCUT2D eigenvalue weighted by atomic mass is 32.2. The highest BCUT2D eigenvalue weighted by Crippen LogP contribution is 2.31. The van der Waals surface area contributed by atoms with E-state index in [-0.39, 0.29) is 5.56 Å². The minimum atomic E-state index is -0.151. The number of fused-ring (bicyclic) bond motifs is 1. The smallest absolute Gasteiger partial charge is 0.274 e. The molecule has 0 aliphatic carbocycles. The molecule has 0 bridgehead atoms. The van der Waals surface area contributed by atoms with Crippen molar-refractivity contribution in [3.63, 3.8) is 0 Å². The summed E-state index contributed by atoms with van der Waals surface area (Å²) in [6, 6.07) is 11.4. The summed E-state index contributed by atoms with van der Waals surface area (Å²) in [5.74, 6) is 2.18. The molecule has 3 aromatic rings. The van der Waals surface area contributed by atoms with Crippen LogP contribution in [-0.2, 0) is 6.54 Å². The van der Waals surface area contributed by atoms with E-state index in [0.29, 0.717) is 23.8 Å². The number of nitrogens with zero attached hydrogens (tertiary/aromatic N) is 3. The van der Waals surface area contributed by atoms with Gasteiger partial charge in [-0.25, -0.2) is 4.98 Å². The van der Waals surface area contributed by atoms with E-state index in [1.165, 1.54) is 10.6 Å². The molecular formula is C16H15N5OS. The van der Waals surface area contributed by atoms with Crippen molar-refractivity contribution in [2.24, 2.45) is 0 Å². The molecule has 23 heavy (non-hydrogen) atoms. The molecule has 0 radical (unpaired) electrons. The first-order valence-corrected chi connectivity index (χ1v) is 8.39. The van der Waals surface area contributed by atoms with Crippen molar-refractivity contribution in [2.75, 3.05) is 11.1 Å². The molecule has 4 rings (SSSR count). The Bertz CT molecular complexity index is 929. The van der Waals surface area contributed by atoms with E-state index in [1.807, 2.05) is 30.3 Å². The molecule has 2 N–H and O–H groups in total. The van der Waals surface area contributed by atoms with Crippen LogP contribution in [-0.4, -0.2) is 25.3 Å². The lowest BCUT2D eigenvalue weighted by molar-refractivity contribution is 0.873. The number of allylic oxidation sites excluding steroid dienone is 1. The third-order valence-electron chi connectivity index (χ3n) is 3.57. The van der Waals surface area contributed by atoms with Gasteiger partial charge in [-0.1, -0.05) is 24.3 Å². The van der Waals surface area contributed by atoms with Gasteiger partial charge in [0.15, 0.2) is 5.82 Å². The third kappa shape index (κ3) is 2.87.